The highest BCUT2D eigenvalue weighted by Gasteiger charge is 2.18. The number of amides is 1. The molecular weight excluding hydrogens is 375 g/mol. The van der Waals surface area contributed by atoms with Crippen LogP contribution in [0.2, 0.25) is 5.02 Å². The van der Waals surface area contributed by atoms with Gasteiger partial charge in [-0.3, -0.25) is 4.79 Å². The number of halogens is 2. The van der Waals surface area contributed by atoms with E-state index in [0.717, 1.165) is 30.4 Å². The summed E-state index contributed by atoms with van der Waals surface area (Å²) in [5.41, 5.74) is 0.0776. The molecule has 2 heterocycles. The number of thioether (sulfide) groups is 1. The van der Waals surface area contributed by atoms with Gasteiger partial charge in [0.1, 0.15) is 17.2 Å². The van der Waals surface area contributed by atoms with Crippen molar-refractivity contribution in [2.75, 3.05) is 29.1 Å². The van der Waals surface area contributed by atoms with E-state index in [-0.39, 0.29) is 22.4 Å². The molecule has 138 valence electrons. The molecule has 0 saturated carbocycles. The number of hydrogen-bond donors (Lipinski definition) is 1. The van der Waals surface area contributed by atoms with Gasteiger partial charge in [0.25, 0.3) is 0 Å². The second-order valence-corrected chi connectivity index (χ2v) is 7.75. The molecule has 2 aromatic rings. The third kappa shape index (κ3) is 4.86. The normalized spacial score (nSPS) is 17.2. The lowest BCUT2D eigenvalue weighted by Gasteiger charge is -2.31. The molecule has 0 unspecified atom stereocenters. The third-order valence-corrected chi connectivity index (χ3v) is 5.40. The first-order chi connectivity index (χ1) is 12.5. The summed E-state index contributed by atoms with van der Waals surface area (Å²) in [5.74, 6) is 0.709. The van der Waals surface area contributed by atoms with Gasteiger partial charge in [-0.2, -0.15) is 0 Å². The van der Waals surface area contributed by atoms with E-state index in [9.17, 15) is 9.18 Å². The molecule has 0 spiro atoms. The van der Waals surface area contributed by atoms with Gasteiger partial charge in [0.05, 0.1) is 16.5 Å². The quantitative estimate of drug-likeness (QED) is 0.607. The van der Waals surface area contributed by atoms with Crippen molar-refractivity contribution in [2.24, 2.45) is 5.92 Å². The lowest BCUT2D eigenvalue weighted by Crippen LogP contribution is -2.34. The van der Waals surface area contributed by atoms with Crippen LogP contribution in [-0.4, -0.2) is 34.7 Å². The Bertz CT molecular complexity index is 792. The molecule has 0 aliphatic carbocycles. The van der Waals surface area contributed by atoms with Gasteiger partial charge in [-0.1, -0.05) is 36.4 Å². The van der Waals surface area contributed by atoms with Crippen molar-refractivity contribution in [1.29, 1.82) is 0 Å². The highest BCUT2D eigenvalue weighted by molar-refractivity contribution is 7.99. The summed E-state index contributed by atoms with van der Waals surface area (Å²) >= 11 is 7.01. The molecule has 1 aliphatic heterocycles. The van der Waals surface area contributed by atoms with Gasteiger partial charge in [-0.25, -0.2) is 14.4 Å². The average Bonchev–Trinajstić information content (AvgIpc) is 2.64. The molecule has 0 radical (unpaired) electrons. The van der Waals surface area contributed by atoms with Crippen molar-refractivity contribution in [3.63, 3.8) is 0 Å². The van der Waals surface area contributed by atoms with E-state index < -0.39 is 5.82 Å². The predicted octanol–water partition coefficient (Wildman–Crippen LogP) is 4.24. The number of rotatable bonds is 5. The number of aromatic nitrogens is 2. The monoisotopic (exact) mass is 394 g/mol. The first-order valence-corrected chi connectivity index (χ1v) is 9.83. The maximum absolute atomic E-state index is 13.8. The molecule has 1 fully saturated rings. The fourth-order valence-corrected chi connectivity index (χ4v) is 3.74. The Morgan fingerprint density at radius 3 is 3.12 bits per heavy atom. The summed E-state index contributed by atoms with van der Waals surface area (Å²) in [6.07, 6.45) is 3.91. The summed E-state index contributed by atoms with van der Waals surface area (Å²) in [6, 6.07) is 6.40. The Labute approximate surface area is 161 Å². The number of carbonyl (C=O) groups excluding carboxylic acids is 1. The number of nitrogens with zero attached hydrogens (tertiary/aromatic N) is 3. The average molecular weight is 395 g/mol. The fraction of sp³-hybridized carbons (Fsp3) is 0.389. The number of hydrogen-bond acceptors (Lipinski definition) is 5. The van der Waals surface area contributed by atoms with E-state index in [1.807, 2.05) is 6.07 Å². The van der Waals surface area contributed by atoms with Gasteiger partial charge in [0.2, 0.25) is 5.91 Å². The Morgan fingerprint density at radius 2 is 2.31 bits per heavy atom. The lowest BCUT2D eigenvalue weighted by molar-refractivity contribution is -0.113. The highest BCUT2D eigenvalue weighted by Crippen LogP contribution is 2.25. The minimum atomic E-state index is -0.629. The van der Waals surface area contributed by atoms with E-state index in [0.29, 0.717) is 5.92 Å². The Kier molecular flexibility index (Phi) is 6.32. The standard InChI is InChI=1S/C18H20ClFN4OS/c1-12-4-3-7-24(9-12)15-8-17(22-11-21-15)26-10-16(25)23-14-6-2-5-13(19)18(14)20/h2,5-6,8,11-12H,3-4,7,9-10H2,1H3,(H,23,25)/t12-/m1/s1. The molecule has 1 N–H and O–H groups in total. The SMILES string of the molecule is C[C@@H]1CCCN(c2cc(SCC(=O)Nc3cccc(Cl)c3F)ncn2)C1. The molecule has 0 bridgehead atoms. The molecule has 8 heteroatoms. The minimum Gasteiger partial charge on any atom is -0.356 e. The minimum absolute atomic E-state index is 0.0216. The Morgan fingerprint density at radius 1 is 1.46 bits per heavy atom. The maximum Gasteiger partial charge on any atom is 0.234 e. The van der Waals surface area contributed by atoms with Gasteiger partial charge in [0.15, 0.2) is 5.82 Å². The molecular formula is C18H20ClFN4OS. The van der Waals surface area contributed by atoms with Crippen LogP contribution in [0.1, 0.15) is 19.8 Å². The molecule has 1 aliphatic rings. The van der Waals surface area contributed by atoms with Crippen LogP contribution in [-0.2, 0) is 4.79 Å². The van der Waals surface area contributed by atoms with Crippen molar-refractivity contribution < 1.29 is 9.18 Å². The largest absolute Gasteiger partial charge is 0.356 e. The number of piperidine rings is 1. The lowest BCUT2D eigenvalue weighted by atomic mass is 10.0. The topological polar surface area (TPSA) is 58.1 Å². The third-order valence-electron chi connectivity index (χ3n) is 4.19. The number of nitrogens with one attached hydrogen (secondary N) is 1. The van der Waals surface area contributed by atoms with Gasteiger partial charge < -0.3 is 10.2 Å². The molecule has 1 saturated heterocycles. The van der Waals surface area contributed by atoms with E-state index in [1.165, 1.54) is 36.6 Å². The summed E-state index contributed by atoms with van der Waals surface area (Å²) in [6.45, 7) is 4.21. The molecule has 5 nitrogen and oxygen atoms in total. The van der Waals surface area contributed by atoms with Gasteiger partial charge in [0, 0.05) is 19.2 Å². The molecule has 1 aromatic heterocycles. The van der Waals surface area contributed by atoms with Crippen LogP contribution in [0.3, 0.4) is 0 Å². The molecule has 26 heavy (non-hydrogen) atoms. The van der Waals surface area contributed by atoms with Crippen LogP contribution in [0.5, 0.6) is 0 Å². The number of benzene rings is 1. The van der Waals surface area contributed by atoms with Crippen LogP contribution in [0.4, 0.5) is 15.9 Å². The zero-order valence-electron chi connectivity index (χ0n) is 14.4. The van der Waals surface area contributed by atoms with Crippen molar-refractivity contribution >= 4 is 40.8 Å². The first-order valence-electron chi connectivity index (χ1n) is 8.46. The van der Waals surface area contributed by atoms with Gasteiger partial charge >= 0.3 is 0 Å². The van der Waals surface area contributed by atoms with E-state index in [4.69, 9.17) is 11.6 Å². The zero-order chi connectivity index (χ0) is 18.5. The van der Waals surface area contributed by atoms with Crippen LogP contribution in [0.25, 0.3) is 0 Å². The van der Waals surface area contributed by atoms with Gasteiger partial charge in [-0.05, 0) is 30.9 Å². The van der Waals surface area contributed by atoms with Crippen LogP contribution in [0.15, 0.2) is 35.6 Å². The Hall–Kier alpha value is -1.86. The second-order valence-electron chi connectivity index (χ2n) is 6.35. The van der Waals surface area contributed by atoms with Crippen molar-refractivity contribution in [1.82, 2.24) is 9.97 Å². The highest BCUT2D eigenvalue weighted by atomic mass is 35.5. The summed E-state index contributed by atoms with van der Waals surface area (Å²) in [5, 5.41) is 3.23. The number of carbonyl (C=O) groups is 1. The second kappa shape index (κ2) is 8.68. The van der Waals surface area contributed by atoms with Crippen LogP contribution < -0.4 is 10.2 Å². The molecule has 1 atom stereocenters. The molecule has 3 rings (SSSR count). The summed E-state index contributed by atoms with van der Waals surface area (Å²) < 4.78 is 13.8. The van der Waals surface area contributed by atoms with Crippen molar-refractivity contribution in [3.8, 4) is 0 Å². The smallest absolute Gasteiger partial charge is 0.234 e. The van der Waals surface area contributed by atoms with Gasteiger partial charge in [-0.15, -0.1) is 0 Å². The maximum atomic E-state index is 13.8. The summed E-state index contributed by atoms with van der Waals surface area (Å²) in [4.78, 5) is 22.9. The molecule has 1 amide bonds. The Balaban J connectivity index is 1.58. The van der Waals surface area contributed by atoms with Crippen LogP contribution in [0, 0.1) is 11.7 Å². The number of anilines is 2. The van der Waals surface area contributed by atoms with Crippen LogP contribution >= 0.6 is 23.4 Å². The molecule has 1 aromatic carbocycles. The van der Waals surface area contributed by atoms with E-state index >= 15 is 0 Å². The zero-order valence-corrected chi connectivity index (χ0v) is 16.0. The van der Waals surface area contributed by atoms with Crippen molar-refractivity contribution in [3.05, 3.63) is 41.4 Å². The summed E-state index contributed by atoms with van der Waals surface area (Å²) in [7, 11) is 0. The van der Waals surface area contributed by atoms with Crippen molar-refractivity contribution in [2.45, 2.75) is 24.8 Å². The fourth-order valence-electron chi connectivity index (χ4n) is 2.91. The van der Waals surface area contributed by atoms with E-state index in [2.05, 4.69) is 27.1 Å². The van der Waals surface area contributed by atoms with E-state index in [1.54, 1.807) is 6.07 Å². The first kappa shape index (κ1) is 18.9. The predicted molar refractivity (Wildman–Crippen MR) is 103 cm³/mol.